The molecule has 7 heteroatoms. The SMILES string of the molecule is O=C(NCc1nncn1-c1ccccc1)NC1(CO)CCCC1. The van der Waals surface area contributed by atoms with Gasteiger partial charge in [0.2, 0.25) is 0 Å². The number of nitrogens with one attached hydrogen (secondary N) is 2. The van der Waals surface area contributed by atoms with Crippen molar-refractivity contribution in [2.75, 3.05) is 6.61 Å². The quantitative estimate of drug-likeness (QED) is 0.777. The van der Waals surface area contributed by atoms with Gasteiger partial charge in [-0.05, 0) is 25.0 Å². The third-order valence-electron chi connectivity index (χ3n) is 4.30. The second-order valence-electron chi connectivity index (χ2n) is 5.91. The van der Waals surface area contributed by atoms with Crippen molar-refractivity contribution in [3.05, 3.63) is 42.5 Å². The van der Waals surface area contributed by atoms with Crippen LogP contribution in [0.15, 0.2) is 36.7 Å². The standard InChI is InChI=1S/C16H21N5O2/c22-11-16(8-4-5-9-16)19-15(23)17-10-14-20-18-12-21(14)13-6-2-1-3-7-13/h1-3,6-7,12,22H,4-5,8-11H2,(H2,17,19,23). The van der Waals surface area contributed by atoms with Gasteiger partial charge in [0.1, 0.15) is 6.33 Å². The predicted molar refractivity (Wildman–Crippen MR) is 85.0 cm³/mol. The van der Waals surface area contributed by atoms with Crippen molar-refractivity contribution in [1.29, 1.82) is 0 Å². The highest BCUT2D eigenvalue weighted by molar-refractivity contribution is 5.74. The third-order valence-corrected chi connectivity index (χ3v) is 4.30. The Morgan fingerprint density at radius 1 is 1.26 bits per heavy atom. The molecule has 0 spiro atoms. The molecule has 0 aliphatic heterocycles. The molecule has 0 radical (unpaired) electrons. The van der Waals surface area contributed by atoms with E-state index in [-0.39, 0.29) is 19.2 Å². The lowest BCUT2D eigenvalue weighted by Gasteiger charge is -2.27. The maximum atomic E-state index is 12.1. The molecule has 1 aromatic heterocycles. The molecule has 0 atom stereocenters. The van der Waals surface area contributed by atoms with Crippen LogP contribution in [0.5, 0.6) is 0 Å². The lowest BCUT2D eigenvalue weighted by molar-refractivity contribution is 0.162. The number of carbonyl (C=O) groups is 1. The van der Waals surface area contributed by atoms with Crippen molar-refractivity contribution in [1.82, 2.24) is 25.4 Å². The van der Waals surface area contributed by atoms with E-state index in [9.17, 15) is 9.90 Å². The van der Waals surface area contributed by atoms with Crippen LogP contribution in [0.1, 0.15) is 31.5 Å². The minimum absolute atomic E-state index is 0.0272. The van der Waals surface area contributed by atoms with E-state index in [1.165, 1.54) is 0 Å². The first-order valence-electron chi connectivity index (χ1n) is 7.84. The number of amides is 2. The highest BCUT2D eigenvalue weighted by Gasteiger charge is 2.34. The third kappa shape index (κ3) is 3.50. The first-order chi connectivity index (χ1) is 11.2. The smallest absolute Gasteiger partial charge is 0.315 e. The molecule has 2 aromatic rings. The highest BCUT2D eigenvalue weighted by Crippen LogP contribution is 2.28. The van der Waals surface area contributed by atoms with Crippen molar-refractivity contribution in [3.8, 4) is 5.69 Å². The number of urea groups is 1. The predicted octanol–water partition coefficient (Wildman–Crippen LogP) is 1.37. The Bertz CT molecular complexity index is 650. The van der Waals surface area contributed by atoms with Crippen molar-refractivity contribution < 1.29 is 9.90 Å². The van der Waals surface area contributed by atoms with Crippen LogP contribution >= 0.6 is 0 Å². The summed E-state index contributed by atoms with van der Waals surface area (Å²) in [6.45, 7) is 0.239. The largest absolute Gasteiger partial charge is 0.394 e. The van der Waals surface area contributed by atoms with E-state index in [4.69, 9.17) is 0 Å². The summed E-state index contributed by atoms with van der Waals surface area (Å²) in [6, 6.07) is 9.42. The number of aliphatic hydroxyl groups is 1. The summed E-state index contributed by atoms with van der Waals surface area (Å²) in [7, 11) is 0. The monoisotopic (exact) mass is 315 g/mol. The summed E-state index contributed by atoms with van der Waals surface area (Å²) in [5.74, 6) is 0.649. The van der Waals surface area contributed by atoms with Gasteiger partial charge in [-0.1, -0.05) is 31.0 Å². The van der Waals surface area contributed by atoms with Crippen LogP contribution < -0.4 is 10.6 Å². The Morgan fingerprint density at radius 2 is 2.00 bits per heavy atom. The van der Waals surface area contributed by atoms with E-state index >= 15 is 0 Å². The zero-order valence-corrected chi connectivity index (χ0v) is 12.9. The minimum atomic E-state index is -0.475. The summed E-state index contributed by atoms with van der Waals surface area (Å²) in [4.78, 5) is 12.1. The molecule has 0 saturated heterocycles. The van der Waals surface area contributed by atoms with Crippen LogP contribution in [0.4, 0.5) is 4.79 Å². The molecule has 23 heavy (non-hydrogen) atoms. The Kier molecular flexibility index (Phi) is 4.57. The molecule has 3 N–H and O–H groups in total. The number of benzene rings is 1. The van der Waals surface area contributed by atoms with Gasteiger partial charge >= 0.3 is 6.03 Å². The molecule has 2 amide bonds. The number of rotatable bonds is 5. The Morgan fingerprint density at radius 3 is 2.70 bits per heavy atom. The number of carbonyl (C=O) groups excluding carboxylic acids is 1. The van der Waals surface area contributed by atoms with Crippen LogP contribution in [0, 0.1) is 0 Å². The molecule has 1 heterocycles. The summed E-state index contributed by atoms with van der Waals surface area (Å²) >= 11 is 0. The van der Waals surface area contributed by atoms with Gasteiger partial charge < -0.3 is 15.7 Å². The summed E-state index contributed by atoms with van der Waals surface area (Å²) in [5.41, 5.74) is 0.467. The average Bonchev–Trinajstić information content (AvgIpc) is 3.23. The van der Waals surface area contributed by atoms with Crippen molar-refractivity contribution >= 4 is 6.03 Å². The van der Waals surface area contributed by atoms with Gasteiger partial charge in [0.15, 0.2) is 5.82 Å². The van der Waals surface area contributed by atoms with Gasteiger partial charge in [-0.3, -0.25) is 4.57 Å². The van der Waals surface area contributed by atoms with Crippen LogP contribution in [0.3, 0.4) is 0 Å². The highest BCUT2D eigenvalue weighted by atomic mass is 16.3. The number of aliphatic hydroxyl groups excluding tert-OH is 1. The molecule has 0 bridgehead atoms. The van der Waals surface area contributed by atoms with Crippen LogP contribution in [0.2, 0.25) is 0 Å². The van der Waals surface area contributed by atoms with E-state index < -0.39 is 5.54 Å². The summed E-state index contributed by atoms with van der Waals surface area (Å²) < 4.78 is 1.83. The molecule has 7 nitrogen and oxygen atoms in total. The first-order valence-corrected chi connectivity index (χ1v) is 7.84. The number of nitrogens with zero attached hydrogens (tertiary/aromatic N) is 3. The second-order valence-corrected chi connectivity index (χ2v) is 5.91. The first kappa shape index (κ1) is 15.5. The lowest BCUT2D eigenvalue weighted by Crippen LogP contribution is -2.52. The molecular weight excluding hydrogens is 294 g/mol. The van der Waals surface area contributed by atoms with Crippen LogP contribution in [0.25, 0.3) is 5.69 Å². The molecule has 1 aliphatic rings. The topological polar surface area (TPSA) is 92.1 Å². The number of para-hydroxylation sites is 1. The lowest BCUT2D eigenvalue weighted by atomic mass is 9.99. The summed E-state index contributed by atoms with van der Waals surface area (Å²) in [6.07, 6.45) is 5.32. The van der Waals surface area contributed by atoms with E-state index in [0.717, 1.165) is 31.4 Å². The molecular formula is C16H21N5O2. The Hall–Kier alpha value is -2.41. The van der Waals surface area contributed by atoms with Crippen LogP contribution in [-0.4, -0.2) is 38.0 Å². The fraction of sp³-hybridized carbons (Fsp3) is 0.438. The van der Waals surface area contributed by atoms with Gasteiger partial charge in [-0.2, -0.15) is 0 Å². The van der Waals surface area contributed by atoms with Crippen molar-refractivity contribution in [3.63, 3.8) is 0 Å². The zero-order valence-electron chi connectivity index (χ0n) is 12.9. The molecule has 1 fully saturated rings. The van der Waals surface area contributed by atoms with E-state index in [2.05, 4.69) is 20.8 Å². The molecule has 1 aromatic carbocycles. The fourth-order valence-corrected chi connectivity index (χ4v) is 3.00. The second kappa shape index (κ2) is 6.78. The molecule has 1 aliphatic carbocycles. The van der Waals surface area contributed by atoms with Crippen molar-refractivity contribution in [2.24, 2.45) is 0 Å². The summed E-state index contributed by atoms with van der Waals surface area (Å²) in [5, 5.41) is 23.2. The van der Waals surface area contributed by atoms with Gasteiger partial charge in [0.25, 0.3) is 0 Å². The number of aromatic nitrogens is 3. The van der Waals surface area contributed by atoms with Gasteiger partial charge in [-0.25, -0.2) is 4.79 Å². The van der Waals surface area contributed by atoms with E-state index in [0.29, 0.717) is 5.82 Å². The maximum Gasteiger partial charge on any atom is 0.315 e. The molecule has 1 saturated carbocycles. The zero-order chi connectivity index (χ0) is 16.1. The fourth-order valence-electron chi connectivity index (χ4n) is 3.00. The number of hydrogen-bond donors (Lipinski definition) is 3. The normalized spacial score (nSPS) is 16.2. The van der Waals surface area contributed by atoms with Crippen LogP contribution in [-0.2, 0) is 6.54 Å². The van der Waals surface area contributed by atoms with Crippen molar-refractivity contribution in [2.45, 2.75) is 37.8 Å². The minimum Gasteiger partial charge on any atom is -0.394 e. The average molecular weight is 315 g/mol. The van der Waals surface area contributed by atoms with Gasteiger partial charge in [0.05, 0.1) is 18.7 Å². The molecule has 122 valence electrons. The van der Waals surface area contributed by atoms with E-state index in [1.54, 1.807) is 6.33 Å². The van der Waals surface area contributed by atoms with Gasteiger partial charge in [-0.15, -0.1) is 10.2 Å². The van der Waals surface area contributed by atoms with E-state index in [1.807, 2.05) is 34.9 Å². The molecule has 0 unspecified atom stereocenters. The molecule has 3 rings (SSSR count). The number of hydrogen-bond acceptors (Lipinski definition) is 4. The Labute approximate surface area is 134 Å². The Balaban J connectivity index is 1.61. The van der Waals surface area contributed by atoms with Gasteiger partial charge in [0, 0.05) is 5.69 Å². The maximum absolute atomic E-state index is 12.1.